The number of halogens is 4. The zero-order valence-electron chi connectivity index (χ0n) is 18.6. The Morgan fingerprint density at radius 3 is 2.16 bits per heavy atom. The molecule has 10 nitrogen and oxygen atoms in total. The fourth-order valence-electron chi connectivity index (χ4n) is 3.55. The van der Waals surface area contributed by atoms with Crippen molar-refractivity contribution in [1.82, 2.24) is 0 Å². The maximum absolute atomic E-state index is 14.2. The van der Waals surface area contributed by atoms with E-state index in [0.29, 0.717) is 6.92 Å². The van der Waals surface area contributed by atoms with Gasteiger partial charge in [-0.05, 0) is 42.8 Å². The molecule has 0 bridgehead atoms. The summed E-state index contributed by atoms with van der Waals surface area (Å²) < 4.78 is 78.2. The molecule has 0 radical (unpaired) electrons. The Labute approximate surface area is 213 Å². The minimum Gasteiger partial charge on any atom is -0.479 e. The smallest absolute Gasteiger partial charge is 0.421 e. The van der Waals surface area contributed by atoms with Gasteiger partial charge in [-0.25, -0.2) is 13.2 Å². The van der Waals surface area contributed by atoms with Crippen LogP contribution in [0.3, 0.4) is 0 Å². The number of hydrogen-bond acceptors (Lipinski definition) is 9. The van der Waals surface area contributed by atoms with Crippen LogP contribution in [0, 0.1) is 11.3 Å². The Morgan fingerprint density at radius 1 is 1.08 bits per heavy atom. The highest BCUT2D eigenvalue weighted by atomic mass is 35.5. The highest BCUT2D eigenvalue weighted by Gasteiger charge is 2.58. The first kappa shape index (κ1) is 28.8. The Morgan fingerprint density at radius 2 is 1.68 bits per heavy atom. The Kier molecular flexibility index (Phi) is 7.92. The second-order valence-electron chi connectivity index (χ2n) is 8.17. The maximum Gasteiger partial charge on any atom is 0.421 e. The third-order valence-corrected chi connectivity index (χ3v) is 8.02. The molecule has 0 amide bonds. The average Bonchev–Trinajstić information content (AvgIpc) is 2.83. The number of carbonyl (C=O) groups is 1. The second-order valence-corrected chi connectivity index (χ2v) is 10.5. The van der Waals surface area contributed by atoms with Gasteiger partial charge in [-0.1, -0.05) is 23.7 Å². The third kappa shape index (κ3) is 5.30. The quantitative estimate of drug-likeness (QED) is 0.402. The molecule has 37 heavy (non-hydrogen) atoms. The number of carboxylic acid groups (broad SMARTS) is 1. The van der Waals surface area contributed by atoms with Crippen molar-refractivity contribution in [1.29, 1.82) is 5.26 Å². The van der Waals surface area contributed by atoms with Crippen molar-refractivity contribution < 1.29 is 56.3 Å². The molecule has 2 aromatic rings. The monoisotopic (exact) mass is 567 g/mol. The standard InChI is InChI=1S/C22H19ClF3NO9S/c1-21(22(24,25)26,36-20-17(30)15(28)16(29)18(35-20)19(31)32)11-3-5-12(6-4-11)37(33,34)14-7-2-10(9-27)8-13(14)23/h2-8,15-18,20,28-30H,1H3,(H,31,32)/t15-,16-,17+,18-,20?,21-/m0/s1/i9+2. The van der Waals surface area contributed by atoms with E-state index < -0.39 is 68.7 Å². The minimum absolute atomic E-state index is 0.0901. The number of ether oxygens (including phenoxy) is 2. The molecule has 1 unspecified atom stereocenters. The van der Waals surface area contributed by atoms with Crippen LogP contribution in [-0.4, -0.2) is 71.7 Å². The summed E-state index contributed by atoms with van der Waals surface area (Å²) in [4.78, 5) is 10.4. The van der Waals surface area contributed by atoms with Gasteiger partial charge in [-0.2, -0.15) is 18.4 Å². The van der Waals surface area contributed by atoms with E-state index in [0.717, 1.165) is 36.4 Å². The number of aliphatic hydroxyl groups is 3. The Balaban J connectivity index is 1.98. The van der Waals surface area contributed by atoms with Gasteiger partial charge in [-0.15, -0.1) is 0 Å². The first-order valence-electron chi connectivity index (χ1n) is 10.3. The van der Waals surface area contributed by atoms with Crippen molar-refractivity contribution in [2.45, 2.75) is 59.2 Å². The molecule has 3 rings (SSSR count). The van der Waals surface area contributed by atoms with Crippen LogP contribution < -0.4 is 0 Å². The van der Waals surface area contributed by atoms with Crippen LogP contribution in [0.5, 0.6) is 0 Å². The zero-order chi connectivity index (χ0) is 27.9. The average molecular weight is 568 g/mol. The van der Waals surface area contributed by atoms with Gasteiger partial charge < -0.3 is 29.9 Å². The topological polar surface area (TPSA) is 174 Å². The molecule has 200 valence electrons. The fraction of sp³-hybridized carbons (Fsp3) is 0.364. The van der Waals surface area contributed by atoms with Gasteiger partial charge in [0.2, 0.25) is 9.84 Å². The largest absolute Gasteiger partial charge is 0.479 e. The van der Waals surface area contributed by atoms with Crippen molar-refractivity contribution in [2.24, 2.45) is 0 Å². The van der Waals surface area contributed by atoms with E-state index in [1.807, 2.05) is 0 Å². The molecule has 0 spiro atoms. The predicted molar refractivity (Wildman–Crippen MR) is 117 cm³/mol. The number of hydrogen-bond donors (Lipinski definition) is 4. The summed E-state index contributed by atoms with van der Waals surface area (Å²) >= 11 is 5.97. The summed E-state index contributed by atoms with van der Waals surface area (Å²) in [6.45, 7) is 0.525. The Bertz CT molecular complexity index is 1330. The van der Waals surface area contributed by atoms with E-state index in [2.05, 4.69) is 0 Å². The molecule has 0 aromatic heterocycles. The van der Waals surface area contributed by atoms with Crippen LogP contribution in [-0.2, 0) is 29.7 Å². The summed E-state index contributed by atoms with van der Waals surface area (Å²) in [5.74, 6) is -1.82. The zero-order valence-corrected chi connectivity index (χ0v) is 20.2. The van der Waals surface area contributed by atoms with Crippen molar-refractivity contribution >= 4 is 27.4 Å². The van der Waals surface area contributed by atoms with Gasteiger partial charge in [0.05, 0.1) is 26.4 Å². The van der Waals surface area contributed by atoms with Crippen LogP contribution in [0.2, 0.25) is 5.02 Å². The van der Waals surface area contributed by atoms with Gasteiger partial charge in [-0.3, -0.25) is 0 Å². The fourth-order valence-corrected chi connectivity index (χ4v) is 5.34. The van der Waals surface area contributed by atoms with Gasteiger partial charge in [0.25, 0.3) is 0 Å². The van der Waals surface area contributed by atoms with E-state index >= 15 is 0 Å². The van der Waals surface area contributed by atoms with Crippen LogP contribution in [0.4, 0.5) is 13.2 Å². The molecule has 0 aliphatic carbocycles. The summed E-state index contributed by atoms with van der Waals surface area (Å²) in [6, 6.07) is 8.45. The number of benzene rings is 2. The van der Waals surface area contributed by atoms with Crippen LogP contribution in [0.1, 0.15) is 18.1 Å². The van der Waals surface area contributed by atoms with Gasteiger partial charge >= 0.3 is 12.1 Å². The highest BCUT2D eigenvalue weighted by Crippen LogP contribution is 2.44. The minimum atomic E-state index is -5.22. The number of alkyl halides is 3. The van der Waals surface area contributed by atoms with Crippen LogP contribution in [0.25, 0.3) is 0 Å². The highest BCUT2D eigenvalue weighted by molar-refractivity contribution is 7.91. The van der Waals surface area contributed by atoms with E-state index in [1.165, 1.54) is 6.07 Å². The van der Waals surface area contributed by atoms with Crippen LogP contribution in [0.15, 0.2) is 52.3 Å². The molecule has 1 fully saturated rings. The number of nitriles is 1. The molecule has 15 heteroatoms. The summed E-state index contributed by atoms with van der Waals surface area (Å²) in [7, 11) is -4.31. The normalized spacial score (nSPS) is 26.2. The SMILES string of the molecule is C[C@](OC1O[C@H](C(=O)O)[C@@H](O)[C@H](O)[C@H]1O)(c1ccc(S(=O)(=O)c2ccc([14C]#N)cc2Cl)cc1)C(F)(F)F. The van der Waals surface area contributed by atoms with Crippen LogP contribution >= 0.6 is 11.6 Å². The van der Waals surface area contributed by atoms with Gasteiger partial charge in [0.15, 0.2) is 18.0 Å². The molecule has 4 N–H and O–H groups in total. The molecular formula is C22H19ClF3NO9S. The number of aliphatic hydroxyl groups excluding tert-OH is 3. The molecule has 1 aliphatic rings. The van der Waals surface area contributed by atoms with Crippen molar-refractivity contribution in [2.75, 3.05) is 0 Å². The molecule has 6 atom stereocenters. The molecule has 1 heterocycles. The Hall–Kier alpha value is -2.77. The molecule has 1 aliphatic heterocycles. The second kappa shape index (κ2) is 10.2. The summed E-state index contributed by atoms with van der Waals surface area (Å²) in [5.41, 5.74) is -3.86. The number of rotatable bonds is 6. The third-order valence-electron chi connectivity index (χ3n) is 5.77. The van der Waals surface area contributed by atoms with E-state index in [-0.39, 0.29) is 15.5 Å². The van der Waals surface area contributed by atoms with Crippen molar-refractivity contribution in [3.63, 3.8) is 0 Å². The van der Waals surface area contributed by atoms with Gasteiger partial charge in [0.1, 0.15) is 18.3 Å². The molecular weight excluding hydrogens is 549 g/mol. The first-order valence-corrected chi connectivity index (χ1v) is 12.1. The van der Waals surface area contributed by atoms with E-state index in [9.17, 15) is 41.7 Å². The number of nitrogens with zero attached hydrogens (tertiary/aromatic N) is 1. The summed E-state index contributed by atoms with van der Waals surface area (Å²) in [6.07, 6.45) is -16.4. The maximum atomic E-state index is 14.2. The molecule has 1 saturated heterocycles. The van der Waals surface area contributed by atoms with Crippen molar-refractivity contribution in [3.05, 3.63) is 58.6 Å². The van der Waals surface area contributed by atoms with Crippen molar-refractivity contribution in [3.8, 4) is 6.07 Å². The lowest BCUT2D eigenvalue weighted by atomic mass is 9.93. The van der Waals surface area contributed by atoms with E-state index in [4.69, 9.17) is 31.4 Å². The lowest BCUT2D eigenvalue weighted by Crippen LogP contribution is -2.62. The van der Waals surface area contributed by atoms with Gasteiger partial charge in [0, 0.05) is 0 Å². The summed E-state index contributed by atoms with van der Waals surface area (Å²) in [5, 5.41) is 47.5. The lowest BCUT2D eigenvalue weighted by molar-refractivity contribution is -0.368. The number of aliphatic carboxylic acids is 1. The molecule has 2 aromatic carbocycles. The van der Waals surface area contributed by atoms with E-state index in [1.54, 1.807) is 6.07 Å². The number of sulfone groups is 1. The lowest BCUT2D eigenvalue weighted by Gasteiger charge is -2.43. The first-order chi connectivity index (χ1) is 17.0. The predicted octanol–water partition coefficient (Wildman–Crippen LogP) is 1.73. The number of carboxylic acids is 1. The molecule has 0 saturated carbocycles.